The molecule has 3 rings (SSSR count). The molecule has 2 amide bonds. The fourth-order valence-electron chi connectivity index (χ4n) is 3.30. The monoisotopic (exact) mass is 277 g/mol. The maximum absolute atomic E-state index is 12.1. The van der Waals surface area contributed by atoms with Gasteiger partial charge in [-0.3, -0.25) is 4.90 Å². The number of carbonyl (C=O) groups excluding carboxylic acids is 1. The van der Waals surface area contributed by atoms with Crippen LogP contribution in [-0.4, -0.2) is 54.6 Å². The van der Waals surface area contributed by atoms with Crippen LogP contribution in [0.4, 0.5) is 4.79 Å². The highest BCUT2D eigenvalue weighted by Crippen LogP contribution is 2.27. The zero-order valence-electron chi connectivity index (χ0n) is 12.4. The summed E-state index contributed by atoms with van der Waals surface area (Å²) in [7, 11) is 0. The summed E-state index contributed by atoms with van der Waals surface area (Å²) in [6, 6.07) is 0.968. The highest BCUT2D eigenvalue weighted by atomic mass is 16.2. The molecule has 0 radical (unpaired) electrons. The Morgan fingerprint density at radius 1 is 1.20 bits per heavy atom. The topological polar surface area (TPSA) is 35.6 Å². The van der Waals surface area contributed by atoms with E-state index in [2.05, 4.69) is 16.3 Å². The van der Waals surface area contributed by atoms with E-state index in [1.54, 1.807) is 0 Å². The third kappa shape index (κ3) is 3.75. The van der Waals surface area contributed by atoms with E-state index in [1.807, 2.05) is 4.90 Å². The SMILES string of the molecule is O=C(NCCC1=CCCCC1)N1CCN(C2CC2)CC1. The third-order valence-corrected chi connectivity index (χ3v) is 4.77. The molecule has 2 aliphatic carbocycles. The van der Waals surface area contributed by atoms with Crippen LogP contribution in [0.5, 0.6) is 0 Å². The van der Waals surface area contributed by atoms with Gasteiger partial charge in [-0.1, -0.05) is 11.6 Å². The molecule has 1 saturated carbocycles. The van der Waals surface area contributed by atoms with Crippen molar-refractivity contribution in [1.29, 1.82) is 0 Å². The van der Waals surface area contributed by atoms with Gasteiger partial charge in [0.15, 0.2) is 0 Å². The highest BCUT2D eigenvalue weighted by molar-refractivity contribution is 5.74. The third-order valence-electron chi connectivity index (χ3n) is 4.77. The molecule has 0 aromatic heterocycles. The van der Waals surface area contributed by atoms with Crippen molar-refractivity contribution in [2.75, 3.05) is 32.7 Å². The molecule has 4 heteroatoms. The van der Waals surface area contributed by atoms with Gasteiger partial charge < -0.3 is 10.2 Å². The van der Waals surface area contributed by atoms with Crippen molar-refractivity contribution in [3.8, 4) is 0 Å². The van der Waals surface area contributed by atoms with Gasteiger partial charge >= 0.3 is 6.03 Å². The molecule has 1 saturated heterocycles. The van der Waals surface area contributed by atoms with Crippen molar-refractivity contribution < 1.29 is 4.79 Å². The van der Waals surface area contributed by atoms with Gasteiger partial charge in [-0.15, -0.1) is 0 Å². The Morgan fingerprint density at radius 2 is 2.00 bits per heavy atom. The molecular weight excluding hydrogens is 250 g/mol. The van der Waals surface area contributed by atoms with Crippen LogP contribution in [0.3, 0.4) is 0 Å². The Labute approximate surface area is 122 Å². The molecule has 0 spiro atoms. The Balaban J connectivity index is 1.33. The Bertz CT molecular complexity index is 368. The summed E-state index contributed by atoms with van der Waals surface area (Å²) in [4.78, 5) is 16.6. The van der Waals surface area contributed by atoms with E-state index in [0.717, 1.165) is 45.2 Å². The Hall–Kier alpha value is -1.03. The summed E-state index contributed by atoms with van der Waals surface area (Å²) in [5, 5.41) is 3.09. The van der Waals surface area contributed by atoms with E-state index in [-0.39, 0.29) is 6.03 Å². The second kappa shape index (κ2) is 6.61. The van der Waals surface area contributed by atoms with Gasteiger partial charge in [0.05, 0.1) is 0 Å². The second-order valence-corrected chi connectivity index (χ2v) is 6.34. The summed E-state index contributed by atoms with van der Waals surface area (Å²) in [6.45, 7) is 4.70. The van der Waals surface area contributed by atoms with Gasteiger partial charge in [0.1, 0.15) is 0 Å². The number of nitrogens with one attached hydrogen (secondary N) is 1. The molecule has 1 heterocycles. The van der Waals surface area contributed by atoms with Crippen LogP contribution in [0, 0.1) is 0 Å². The summed E-state index contributed by atoms with van der Waals surface area (Å²) < 4.78 is 0. The zero-order chi connectivity index (χ0) is 13.8. The van der Waals surface area contributed by atoms with Gasteiger partial charge in [-0.05, 0) is 44.9 Å². The molecular formula is C16H27N3O. The van der Waals surface area contributed by atoms with Crippen LogP contribution in [0.2, 0.25) is 0 Å². The standard InChI is InChI=1S/C16H27N3O/c20-16(17-9-8-14-4-2-1-3-5-14)19-12-10-18(11-13-19)15-6-7-15/h4,15H,1-3,5-13H2,(H,17,20). The lowest BCUT2D eigenvalue weighted by atomic mass is 9.97. The number of rotatable bonds is 4. The highest BCUT2D eigenvalue weighted by Gasteiger charge is 2.32. The summed E-state index contributed by atoms with van der Waals surface area (Å²) in [6.07, 6.45) is 11.2. The van der Waals surface area contributed by atoms with Crippen molar-refractivity contribution >= 4 is 6.03 Å². The smallest absolute Gasteiger partial charge is 0.317 e. The lowest BCUT2D eigenvalue weighted by molar-refractivity contribution is 0.135. The average molecular weight is 277 g/mol. The fourth-order valence-corrected chi connectivity index (χ4v) is 3.30. The molecule has 0 aromatic rings. The number of piperazine rings is 1. The van der Waals surface area contributed by atoms with E-state index in [1.165, 1.54) is 44.1 Å². The number of carbonyl (C=O) groups is 1. The average Bonchev–Trinajstić information content (AvgIpc) is 3.33. The van der Waals surface area contributed by atoms with E-state index in [0.29, 0.717) is 0 Å². The first-order valence-electron chi connectivity index (χ1n) is 8.27. The van der Waals surface area contributed by atoms with Crippen molar-refractivity contribution in [2.24, 2.45) is 0 Å². The van der Waals surface area contributed by atoms with Gasteiger partial charge in [-0.25, -0.2) is 4.79 Å². The van der Waals surface area contributed by atoms with Crippen molar-refractivity contribution in [1.82, 2.24) is 15.1 Å². The maximum atomic E-state index is 12.1. The van der Waals surface area contributed by atoms with Crippen LogP contribution in [0.1, 0.15) is 44.9 Å². The number of nitrogens with zero attached hydrogens (tertiary/aromatic N) is 2. The summed E-state index contributed by atoms with van der Waals surface area (Å²) >= 11 is 0. The van der Waals surface area contributed by atoms with E-state index in [4.69, 9.17) is 0 Å². The van der Waals surface area contributed by atoms with Crippen molar-refractivity contribution in [3.63, 3.8) is 0 Å². The van der Waals surface area contributed by atoms with Gasteiger partial charge in [0, 0.05) is 38.8 Å². The predicted molar refractivity (Wildman–Crippen MR) is 80.7 cm³/mol. The quantitative estimate of drug-likeness (QED) is 0.801. The molecule has 0 unspecified atom stereocenters. The minimum atomic E-state index is 0.136. The first kappa shape index (κ1) is 13.9. The number of amides is 2. The maximum Gasteiger partial charge on any atom is 0.317 e. The lowest BCUT2D eigenvalue weighted by Crippen LogP contribution is -2.52. The van der Waals surface area contributed by atoms with Crippen LogP contribution < -0.4 is 5.32 Å². The fraction of sp³-hybridized carbons (Fsp3) is 0.812. The molecule has 20 heavy (non-hydrogen) atoms. The largest absolute Gasteiger partial charge is 0.338 e. The van der Waals surface area contributed by atoms with E-state index >= 15 is 0 Å². The first-order valence-corrected chi connectivity index (χ1v) is 8.27. The minimum absolute atomic E-state index is 0.136. The van der Waals surface area contributed by atoms with Crippen LogP contribution in [-0.2, 0) is 0 Å². The molecule has 1 N–H and O–H groups in total. The summed E-state index contributed by atoms with van der Waals surface area (Å²) in [5.41, 5.74) is 1.54. The molecule has 0 aromatic carbocycles. The van der Waals surface area contributed by atoms with Crippen LogP contribution >= 0.6 is 0 Å². The number of urea groups is 1. The molecule has 2 fully saturated rings. The molecule has 0 bridgehead atoms. The van der Waals surface area contributed by atoms with Gasteiger partial charge in [0.2, 0.25) is 0 Å². The second-order valence-electron chi connectivity index (χ2n) is 6.34. The molecule has 1 aliphatic heterocycles. The number of allylic oxidation sites excluding steroid dienone is 1. The summed E-state index contributed by atoms with van der Waals surface area (Å²) in [5.74, 6) is 0. The molecule has 112 valence electrons. The molecule has 4 nitrogen and oxygen atoms in total. The lowest BCUT2D eigenvalue weighted by Gasteiger charge is -2.34. The Kier molecular flexibility index (Phi) is 4.61. The van der Waals surface area contributed by atoms with Gasteiger partial charge in [-0.2, -0.15) is 0 Å². The van der Waals surface area contributed by atoms with Gasteiger partial charge in [0.25, 0.3) is 0 Å². The Morgan fingerprint density at radius 3 is 2.65 bits per heavy atom. The van der Waals surface area contributed by atoms with Crippen molar-refractivity contribution in [2.45, 2.75) is 51.0 Å². The first-order chi connectivity index (χ1) is 9.83. The molecule has 3 aliphatic rings. The van der Waals surface area contributed by atoms with Crippen molar-refractivity contribution in [3.05, 3.63) is 11.6 Å². The van der Waals surface area contributed by atoms with E-state index < -0.39 is 0 Å². The minimum Gasteiger partial charge on any atom is -0.338 e. The normalized spacial score (nSPS) is 24.4. The van der Waals surface area contributed by atoms with Crippen LogP contribution in [0.15, 0.2) is 11.6 Å². The van der Waals surface area contributed by atoms with E-state index in [9.17, 15) is 4.79 Å². The zero-order valence-corrected chi connectivity index (χ0v) is 12.4. The predicted octanol–water partition coefficient (Wildman–Crippen LogP) is 2.37. The molecule has 0 atom stereocenters. The van der Waals surface area contributed by atoms with Crippen LogP contribution in [0.25, 0.3) is 0 Å². The number of hydrogen-bond donors (Lipinski definition) is 1. The number of hydrogen-bond acceptors (Lipinski definition) is 2.